The summed E-state index contributed by atoms with van der Waals surface area (Å²) in [5.74, 6) is 0.188. The normalized spacial score (nSPS) is 17.1. The number of methoxy groups -OCH3 is 1. The molecule has 0 spiro atoms. The lowest BCUT2D eigenvalue weighted by molar-refractivity contribution is 0.362. The van der Waals surface area contributed by atoms with Crippen LogP contribution in [-0.4, -0.2) is 51.1 Å². The summed E-state index contributed by atoms with van der Waals surface area (Å²) in [6.07, 6.45) is 0. The molecule has 0 atom stereocenters. The molecule has 3 N–H and O–H groups in total. The summed E-state index contributed by atoms with van der Waals surface area (Å²) in [5, 5.41) is 12.7. The maximum atomic E-state index is 12.1. The van der Waals surface area contributed by atoms with E-state index >= 15 is 0 Å². The smallest absolute Gasteiger partial charge is 0.301 e. The fourth-order valence-electron chi connectivity index (χ4n) is 1.85. The third-order valence-electron chi connectivity index (χ3n) is 2.84. The highest BCUT2D eigenvalue weighted by Crippen LogP contribution is 2.29. The van der Waals surface area contributed by atoms with Crippen LogP contribution in [0.4, 0.5) is 5.69 Å². The summed E-state index contributed by atoms with van der Waals surface area (Å²) >= 11 is 0. The molecule has 1 aliphatic heterocycles. The van der Waals surface area contributed by atoms with Crippen LogP contribution in [0.1, 0.15) is 0 Å². The first-order chi connectivity index (χ1) is 9.03. The summed E-state index contributed by atoms with van der Waals surface area (Å²) in [7, 11) is -2.15. The van der Waals surface area contributed by atoms with Crippen LogP contribution in [0.3, 0.4) is 0 Å². The standard InChI is InChI=1S/C11H17N3O4S/c1-18-11-3-2-9(8-10(11)15)13-19(16,17)14-6-4-12-5-7-14/h2-3,8,12-13,15H,4-7H2,1H3. The zero-order valence-corrected chi connectivity index (χ0v) is 11.4. The lowest BCUT2D eigenvalue weighted by Gasteiger charge is -2.26. The second kappa shape index (κ2) is 5.64. The van der Waals surface area contributed by atoms with Crippen molar-refractivity contribution in [1.29, 1.82) is 0 Å². The summed E-state index contributed by atoms with van der Waals surface area (Å²) in [6, 6.07) is 4.36. The molecule has 1 aromatic rings. The number of aromatic hydroxyl groups is 1. The Morgan fingerprint density at radius 1 is 1.37 bits per heavy atom. The van der Waals surface area contributed by atoms with Crippen molar-refractivity contribution in [1.82, 2.24) is 9.62 Å². The number of hydrogen-bond donors (Lipinski definition) is 3. The van der Waals surface area contributed by atoms with Crippen molar-refractivity contribution in [2.75, 3.05) is 38.0 Å². The molecular formula is C11H17N3O4S. The van der Waals surface area contributed by atoms with Crippen LogP contribution in [0.2, 0.25) is 0 Å². The summed E-state index contributed by atoms with van der Waals surface area (Å²) in [6.45, 7) is 2.12. The van der Waals surface area contributed by atoms with E-state index in [-0.39, 0.29) is 5.75 Å². The summed E-state index contributed by atoms with van der Waals surface area (Å²) < 4.78 is 32.9. The number of phenolic OH excluding ortho intramolecular Hbond substituents is 1. The van der Waals surface area contributed by atoms with E-state index in [2.05, 4.69) is 10.0 Å². The average molecular weight is 287 g/mol. The SMILES string of the molecule is COc1ccc(NS(=O)(=O)N2CCNCC2)cc1O. The topological polar surface area (TPSA) is 90.9 Å². The van der Waals surface area contributed by atoms with Gasteiger partial charge in [-0.25, -0.2) is 0 Å². The molecule has 1 aromatic carbocycles. The lowest BCUT2D eigenvalue weighted by atomic mass is 10.3. The molecule has 8 heteroatoms. The first kappa shape index (κ1) is 13.9. The fraction of sp³-hybridized carbons (Fsp3) is 0.455. The van der Waals surface area contributed by atoms with Gasteiger partial charge >= 0.3 is 10.2 Å². The first-order valence-corrected chi connectivity index (χ1v) is 7.32. The van der Waals surface area contributed by atoms with Gasteiger partial charge in [0.1, 0.15) is 0 Å². The van der Waals surface area contributed by atoms with E-state index in [1.807, 2.05) is 0 Å². The van der Waals surface area contributed by atoms with E-state index in [1.54, 1.807) is 0 Å². The van der Waals surface area contributed by atoms with Gasteiger partial charge in [-0.15, -0.1) is 0 Å². The van der Waals surface area contributed by atoms with E-state index < -0.39 is 10.2 Å². The minimum Gasteiger partial charge on any atom is -0.504 e. The maximum absolute atomic E-state index is 12.1. The van der Waals surface area contributed by atoms with Crippen molar-refractivity contribution < 1.29 is 18.3 Å². The minimum absolute atomic E-state index is 0.108. The molecule has 19 heavy (non-hydrogen) atoms. The summed E-state index contributed by atoms with van der Waals surface area (Å²) in [5.41, 5.74) is 0.303. The molecule has 7 nitrogen and oxygen atoms in total. The van der Waals surface area contributed by atoms with Gasteiger partial charge in [-0.1, -0.05) is 0 Å². The number of piperazine rings is 1. The summed E-state index contributed by atoms with van der Waals surface area (Å²) in [4.78, 5) is 0. The van der Waals surface area contributed by atoms with Gasteiger partial charge in [0.05, 0.1) is 12.8 Å². The van der Waals surface area contributed by atoms with Crippen molar-refractivity contribution in [3.8, 4) is 11.5 Å². The van der Waals surface area contributed by atoms with Crippen molar-refractivity contribution in [2.45, 2.75) is 0 Å². The number of nitrogens with zero attached hydrogens (tertiary/aromatic N) is 1. The molecule has 1 saturated heterocycles. The fourth-order valence-corrected chi connectivity index (χ4v) is 3.07. The van der Waals surface area contributed by atoms with E-state index in [4.69, 9.17) is 4.74 Å². The Morgan fingerprint density at radius 2 is 2.05 bits per heavy atom. The van der Waals surface area contributed by atoms with Crippen LogP contribution in [-0.2, 0) is 10.2 Å². The average Bonchev–Trinajstić information content (AvgIpc) is 2.39. The molecule has 1 aliphatic rings. The van der Waals surface area contributed by atoms with E-state index in [9.17, 15) is 13.5 Å². The Balaban J connectivity index is 2.13. The van der Waals surface area contributed by atoms with Gasteiger partial charge in [-0.2, -0.15) is 12.7 Å². The third-order valence-corrected chi connectivity index (χ3v) is 4.38. The second-order valence-corrected chi connectivity index (χ2v) is 5.81. The van der Waals surface area contributed by atoms with Gasteiger partial charge in [-0.05, 0) is 12.1 Å². The highest BCUT2D eigenvalue weighted by molar-refractivity contribution is 7.90. The number of anilines is 1. The number of benzene rings is 1. The molecule has 0 radical (unpaired) electrons. The molecule has 0 aliphatic carbocycles. The molecule has 0 saturated carbocycles. The molecule has 1 fully saturated rings. The Labute approximate surface area is 112 Å². The van der Waals surface area contributed by atoms with Crippen molar-refractivity contribution >= 4 is 15.9 Å². The molecular weight excluding hydrogens is 270 g/mol. The Hall–Kier alpha value is -1.51. The zero-order chi connectivity index (χ0) is 13.9. The number of phenols is 1. The van der Waals surface area contributed by atoms with Gasteiger partial charge in [0.2, 0.25) is 0 Å². The van der Waals surface area contributed by atoms with Crippen molar-refractivity contribution in [3.63, 3.8) is 0 Å². The lowest BCUT2D eigenvalue weighted by Crippen LogP contribution is -2.48. The third kappa shape index (κ3) is 3.28. The maximum Gasteiger partial charge on any atom is 0.301 e. The Bertz CT molecular complexity index is 541. The van der Waals surface area contributed by atoms with E-state index in [1.165, 1.54) is 29.6 Å². The molecule has 1 heterocycles. The Morgan fingerprint density at radius 3 is 2.63 bits per heavy atom. The van der Waals surface area contributed by atoms with Crippen LogP contribution in [0.15, 0.2) is 18.2 Å². The molecule has 2 rings (SSSR count). The second-order valence-electron chi connectivity index (χ2n) is 4.14. The van der Waals surface area contributed by atoms with Crippen LogP contribution >= 0.6 is 0 Å². The molecule has 0 aromatic heterocycles. The van der Waals surface area contributed by atoms with E-state index in [0.717, 1.165) is 0 Å². The van der Waals surface area contributed by atoms with Gasteiger partial charge < -0.3 is 15.2 Å². The number of rotatable bonds is 4. The Kier molecular flexibility index (Phi) is 4.13. The van der Waals surface area contributed by atoms with Crippen LogP contribution < -0.4 is 14.8 Å². The highest BCUT2D eigenvalue weighted by Gasteiger charge is 2.23. The minimum atomic E-state index is -3.58. The quantitative estimate of drug-likeness (QED) is 0.723. The van der Waals surface area contributed by atoms with Gasteiger partial charge in [0.15, 0.2) is 11.5 Å². The van der Waals surface area contributed by atoms with Crippen molar-refractivity contribution in [2.24, 2.45) is 0 Å². The molecule has 106 valence electrons. The monoisotopic (exact) mass is 287 g/mol. The predicted molar refractivity (Wildman–Crippen MR) is 71.6 cm³/mol. The van der Waals surface area contributed by atoms with Gasteiger partial charge in [0, 0.05) is 32.2 Å². The van der Waals surface area contributed by atoms with Gasteiger partial charge in [-0.3, -0.25) is 4.72 Å². The largest absolute Gasteiger partial charge is 0.504 e. The zero-order valence-electron chi connectivity index (χ0n) is 10.6. The molecule has 0 amide bonds. The van der Waals surface area contributed by atoms with Crippen LogP contribution in [0, 0.1) is 0 Å². The number of nitrogens with one attached hydrogen (secondary N) is 2. The first-order valence-electron chi connectivity index (χ1n) is 5.88. The molecule has 0 unspecified atom stereocenters. The van der Waals surface area contributed by atoms with Gasteiger partial charge in [0.25, 0.3) is 0 Å². The van der Waals surface area contributed by atoms with Crippen molar-refractivity contribution in [3.05, 3.63) is 18.2 Å². The van der Waals surface area contributed by atoms with Crippen LogP contribution in [0.25, 0.3) is 0 Å². The highest BCUT2D eigenvalue weighted by atomic mass is 32.2. The number of ether oxygens (including phenoxy) is 1. The number of hydrogen-bond acceptors (Lipinski definition) is 5. The molecule has 0 bridgehead atoms. The predicted octanol–water partition coefficient (Wildman–Crippen LogP) is -0.0373. The van der Waals surface area contributed by atoms with Crippen LogP contribution in [0.5, 0.6) is 11.5 Å². The van der Waals surface area contributed by atoms with E-state index in [0.29, 0.717) is 37.6 Å².